The summed E-state index contributed by atoms with van der Waals surface area (Å²) in [7, 11) is -5.78. The molecule has 0 unspecified atom stereocenters. The highest BCUT2D eigenvalue weighted by Gasteiger charge is 2.33. The lowest BCUT2D eigenvalue weighted by Gasteiger charge is -2.31. The van der Waals surface area contributed by atoms with Gasteiger partial charge in [-0.3, -0.25) is 4.79 Å². The Bertz CT molecular complexity index is 1290. The van der Waals surface area contributed by atoms with E-state index in [0.29, 0.717) is 57.2 Å². The van der Waals surface area contributed by atoms with E-state index in [1.807, 2.05) is 0 Å². The molecule has 2 aromatic rings. The lowest BCUT2D eigenvalue weighted by atomic mass is 9.99. The van der Waals surface area contributed by atoms with Crippen LogP contribution in [0.5, 0.6) is 11.5 Å². The zero-order valence-corrected chi connectivity index (χ0v) is 22.9. The number of nitrogens with one attached hydrogen (secondary N) is 1. The van der Waals surface area contributed by atoms with E-state index in [4.69, 9.17) is 14.2 Å². The lowest BCUT2D eigenvalue weighted by Crippen LogP contribution is -2.45. The van der Waals surface area contributed by atoms with Crippen molar-refractivity contribution in [3.63, 3.8) is 0 Å². The molecular weight excluding hydrogens is 534 g/mol. The Hall–Kier alpha value is -2.71. The van der Waals surface area contributed by atoms with Crippen molar-refractivity contribution < 1.29 is 35.8 Å². The van der Waals surface area contributed by atoms with E-state index in [0.717, 1.165) is 0 Å². The number of hydrogen-bond acceptors (Lipinski definition) is 8. The van der Waals surface area contributed by atoms with Crippen LogP contribution in [-0.4, -0.2) is 91.0 Å². The molecule has 0 radical (unpaired) electrons. The Kier molecular flexibility index (Phi) is 9.26. The molecule has 13 heteroatoms. The van der Waals surface area contributed by atoms with E-state index in [-0.39, 0.29) is 35.4 Å². The van der Waals surface area contributed by atoms with Crippen LogP contribution in [0.2, 0.25) is 0 Å². The van der Waals surface area contributed by atoms with Gasteiger partial charge in [0.25, 0.3) is 0 Å². The van der Waals surface area contributed by atoms with Crippen LogP contribution in [0.15, 0.2) is 58.3 Å². The van der Waals surface area contributed by atoms with Crippen LogP contribution in [0.1, 0.15) is 12.8 Å². The summed E-state index contributed by atoms with van der Waals surface area (Å²) in [5, 5.41) is 2.81. The summed E-state index contributed by atoms with van der Waals surface area (Å²) in [4.78, 5) is 13.1. The van der Waals surface area contributed by atoms with E-state index in [1.165, 1.54) is 40.0 Å². The molecule has 38 heavy (non-hydrogen) atoms. The first-order valence-corrected chi connectivity index (χ1v) is 15.3. The number of morpholine rings is 1. The van der Waals surface area contributed by atoms with Crippen molar-refractivity contribution >= 4 is 26.0 Å². The summed E-state index contributed by atoms with van der Waals surface area (Å²) in [6.07, 6.45) is 1.18. The third-order valence-electron chi connectivity index (χ3n) is 6.55. The second kappa shape index (κ2) is 12.4. The van der Waals surface area contributed by atoms with E-state index in [1.54, 1.807) is 24.3 Å². The molecule has 11 nitrogen and oxygen atoms in total. The highest BCUT2D eigenvalue weighted by atomic mass is 32.2. The minimum Gasteiger partial charge on any atom is -0.497 e. The number of piperidine rings is 1. The minimum absolute atomic E-state index is 0.111. The first-order chi connectivity index (χ1) is 18.2. The number of amides is 1. The van der Waals surface area contributed by atoms with Crippen molar-refractivity contribution in [1.82, 2.24) is 13.9 Å². The van der Waals surface area contributed by atoms with Crippen molar-refractivity contribution in [3.8, 4) is 11.5 Å². The van der Waals surface area contributed by atoms with Gasteiger partial charge in [0.15, 0.2) is 0 Å². The maximum atomic E-state index is 13.0. The number of benzene rings is 2. The molecule has 208 valence electrons. The monoisotopic (exact) mass is 567 g/mol. The number of nitrogens with zero attached hydrogens (tertiary/aromatic N) is 2. The normalized spacial score (nSPS) is 19.6. The molecule has 2 heterocycles. The summed E-state index contributed by atoms with van der Waals surface area (Å²) in [5.41, 5.74) is 0. The highest BCUT2D eigenvalue weighted by Crippen LogP contribution is 2.25. The average molecular weight is 568 g/mol. The predicted molar refractivity (Wildman–Crippen MR) is 139 cm³/mol. The molecule has 0 aromatic heterocycles. The summed E-state index contributed by atoms with van der Waals surface area (Å²) >= 11 is 0. The molecule has 2 fully saturated rings. The minimum atomic E-state index is -3.72. The predicted octanol–water partition coefficient (Wildman–Crippen LogP) is 1.31. The number of carbonyl (C=O) groups is 1. The van der Waals surface area contributed by atoms with E-state index in [9.17, 15) is 21.6 Å². The Balaban J connectivity index is 1.24. The third kappa shape index (κ3) is 6.64. The first kappa shape index (κ1) is 28.3. The molecule has 2 aliphatic heterocycles. The van der Waals surface area contributed by atoms with Gasteiger partial charge in [-0.25, -0.2) is 16.8 Å². The third-order valence-corrected chi connectivity index (χ3v) is 10.3. The number of sulfonamides is 2. The van der Waals surface area contributed by atoms with E-state index >= 15 is 0 Å². The summed E-state index contributed by atoms with van der Waals surface area (Å²) in [6.45, 7) is 2.29. The van der Waals surface area contributed by atoms with Gasteiger partial charge in [0, 0.05) is 26.2 Å². The number of carbonyl (C=O) groups excluding carboxylic acids is 1. The quantitative estimate of drug-likeness (QED) is 0.425. The second-order valence-corrected chi connectivity index (χ2v) is 12.9. The van der Waals surface area contributed by atoms with Crippen LogP contribution in [0, 0.1) is 5.92 Å². The van der Waals surface area contributed by atoms with Gasteiger partial charge >= 0.3 is 0 Å². The fourth-order valence-corrected chi connectivity index (χ4v) is 7.33. The smallest absolute Gasteiger partial charge is 0.243 e. The maximum absolute atomic E-state index is 13.0. The largest absolute Gasteiger partial charge is 0.497 e. The Labute approximate surface area is 223 Å². The van der Waals surface area contributed by atoms with Crippen LogP contribution in [0.4, 0.5) is 0 Å². The molecule has 1 amide bonds. The van der Waals surface area contributed by atoms with Crippen molar-refractivity contribution in [1.29, 1.82) is 0 Å². The molecule has 0 aliphatic carbocycles. The molecule has 0 saturated carbocycles. The standard InChI is InChI=1S/C25H33N3O8S2/c1-34-21-4-8-24(9-5-21)38(32,33)28-13-2-3-20(19-28)25(29)26-12-16-36-22-6-10-23(11-7-22)37(30,31)27-14-17-35-18-15-27/h4-11,20H,2-3,12-19H2,1H3,(H,26,29)/t20-/m1/s1. The maximum Gasteiger partial charge on any atom is 0.243 e. The zero-order chi connectivity index (χ0) is 27.2. The van der Waals surface area contributed by atoms with Gasteiger partial charge in [-0.2, -0.15) is 8.61 Å². The van der Waals surface area contributed by atoms with E-state index in [2.05, 4.69) is 5.32 Å². The second-order valence-electron chi connectivity index (χ2n) is 9.01. The average Bonchev–Trinajstić information content (AvgIpc) is 2.96. The van der Waals surface area contributed by atoms with Gasteiger partial charge in [-0.05, 0) is 61.4 Å². The zero-order valence-electron chi connectivity index (χ0n) is 21.2. The van der Waals surface area contributed by atoms with Gasteiger partial charge in [0.05, 0.1) is 42.6 Å². The molecular formula is C25H33N3O8S2. The molecule has 1 N–H and O–H groups in total. The van der Waals surface area contributed by atoms with E-state index < -0.39 is 26.0 Å². The number of rotatable bonds is 10. The molecule has 0 spiro atoms. The number of hydrogen-bond donors (Lipinski definition) is 1. The number of ether oxygens (including phenoxy) is 3. The summed E-state index contributed by atoms with van der Waals surface area (Å²) < 4.78 is 70.2. The highest BCUT2D eigenvalue weighted by molar-refractivity contribution is 7.89. The Morgan fingerprint density at radius 2 is 1.47 bits per heavy atom. The van der Waals surface area contributed by atoms with Crippen molar-refractivity contribution in [2.24, 2.45) is 5.92 Å². The van der Waals surface area contributed by atoms with Gasteiger partial charge in [0.1, 0.15) is 18.1 Å². The fraction of sp³-hybridized carbons (Fsp3) is 0.480. The van der Waals surface area contributed by atoms with Crippen LogP contribution < -0.4 is 14.8 Å². The fourth-order valence-electron chi connectivity index (χ4n) is 4.40. The molecule has 2 aliphatic rings. The SMILES string of the molecule is COc1ccc(S(=O)(=O)N2CCC[C@@H](C(=O)NCCOc3ccc(S(=O)(=O)N4CCOCC4)cc3)C2)cc1. The van der Waals surface area contributed by atoms with Crippen molar-refractivity contribution in [2.45, 2.75) is 22.6 Å². The van der Waals surface area contributed by atoms with Gasteiger partial charge in [-0.15, -0.1) is 0 Å². The van der Waals surface area contributed by atoms with Crippen molar-refractivity contribution in [2.75, 3.05) is 59.7 Å². The van der Waals surface area contributed by atoms with Crippen molar-refractivity contribution in [3.05, 3.63) is 48.5 Å². The van der Waals surface area contributed by atoms with Crippen LogP contribution in [-0.2, 0) is 29.6 Å². The van der Waals surface area contributed by atoms with Crippen LogP contribution >= 0.6 is 0 Å². The lowest BCUT2D eigenvalue weighted by molar-refractivity contribution is -0.126. The number of methoxy groups -OCH3 is 1. The Morgan fingerprint density at radius 3 is 2.08 bits per heavy atom. The molecule has 2 saturated heterocycles. The summed E-state index contributed by atoms with van der Waals surface area (Å²) in [5.74, 6) is 0.363. The van der Waals surface area contributed by atoms with Gasteiger partial charge < -0.3 is 19.5 Å². The Morgan fingerprint density at radius 1 is 0.895 bits per heavy atom. The molecule has 2 aromatic carbocycles. The molecule has 1 atom stereocenters. The first-order valence-electron chi connectivity index (χ1n) is 12.4. The molecule has 0 bridgehead atoms. The summed E-state index contributed by atoms with van der Waals surface area (Å²) in [6, 6.07) is 12.3. The van der Waals surface area contributed by atoms with Crippen LogP contribution in [0.3, 0.4) is 0 Å². The van der Waals surface area contributed by atoms with Gasteiger partial charge in [-0.1, -0.05) is 0 Å². The van der Waals surface area contributed by atoms with Gasteiger partial charge in [0.2, 0.25) is 26.0 Å². The molecule has 4 rings (SSSR count). The topological polar surface area (TPSA) is 132 Å². The van der Waals surface area contributed by atoms with Crippen LogP contribution in [0.25, 0.3) is 0 Å².